The highest BCUT2D eigenvalue weighted by Gasteiger charge is 2.10. The standard InChI is InChI=1S/C11H12S/c1-11(2)6-3-4-10-9(8-11)5-7-12-10/h3-8H,1-2H3. The summed E-state index contributed by atoms with van der Waals surface area (Å²) in [4.78, 5) is 0. The molecular weight excluding hydrogens is 164 g/mol. The highest BCUT2D eigenvalue weighted by Crippen LogP contribution is 2.19. The van der Waals surface area contributed by atoms with Crippen LogP contribution >= 0.6 is 11.3 Å². The highest BCUT2D eigenvalue weighted by atomic mass is 32.1. The van der Waals surface area contributed by atoms with Crippen molar-refractivity contribution < 1.29 is 0 Å². The minimum atomic E-state index is 0.197. The van der Waals surface area contributed by atoms with Gasteiger partial charge in [0.2, 0.25) is 0 Å². The molecule has 1 aromatic rings. The van der Waals surface area contributed by atoms with Gasteiger partial charge in [-0.05, 0) is 22.7 Å². The summed E-state index contributed by atoms with van der Waals surface area (Å²) in [5, 5.41) is 3.52. The predicted octanol–water partition coefficient (Wildman–Crippen LogP) is 1.91. The molecule has 1 heteroatoms. The van der Waals surface area contributed by atoms with Crippen LogP contribution in [-0.4, -0.2) is 0 Å². The summed E-state index contributed by atoms with van der Waals surface area (Å²) in [5.41, 5.74) is 0.197. The van der Waals surface area contributed by atoms with Crippen LogP contribution in [0.3, 0.4) is 0 Å². The Hall–Kier alpha value is -0.820. The first-order chi connectivity index (χ1) is 5.67. The van der Waals surface area contributed by atoms with Crippen molar-refractivity contribution in [2.24, 2.45) is 5.41 Å². The molecule has 0 saturated carbocycles. The molecule has 0 aromatic carbocycles. The molecule has 0 nitrogen and oxygen atoms in total. The lowest BCUT2D eigenvalue weighted by atomic mass is 9.93. The van der Waals surface area contributed by atoms with Gasteiger partial charge in [-0.15, -0.1) is 11.3 Å². The monoisotopic (exact) mass is 176 g/mol. The fourth-order valence-corrected chi connectivity index (χ4v) is 2.20. The molecule has 0 spiro atoms. The minimum absolute atomic E-state index is 0.197. The van der Waals surface area contributed by atoms with E-state index >= 15 is 0 Å². The molecule has 0 N–H and O–H groups in total. The molecule has 1 aliphatic rings. The first-order valence-corrected chi connectivity index (χ1v) is 5.01. The fourth-order valence-electron chi connectivity index (χ4n) is 1.42. The summed E-state index contributed by atoms with van der Waals surface area (Å²) in [6, 6.07) is 2.19. The number of rotatable bonds is 0. The van der Waals surface area contributed by atoms with Crippen LogP contribution in [0.15, 0.2) is 23.6 Å². The molecule has 0 saturated heterocycles. The van der Waals surface area contributed by atoms with Gasteiger partial charge < -0.3 is 0 Å². The lowest BCUT2D eigenvalue weighted by molar-refractivity contribution is 0.671. The van der Waals surface area contributed by atoms with Gasteiger partial charge >= 0.3 is 0 Å². The Kier molecular flexibility index (Phi) is 1.69. The van der Waals surface area contributed by atoms with Crippen molar-refractivity contribution in [3.8, 4) is 0 Å². The second-order valence-corrected chi connectivity index (χ2v) is 4.68. The van der Waals surface area contributed by atoms with Crippen LogP contribution in [0.4, 0.5) is 0 Å². The van der Waals surface area contributed by atoms with Crippen molar-refractivity contribution in [3.05, 3.63) is 33.3 Å². The van der Waals surface area contributed by atoms with Crippen molar-refractivity contribution in [2.45, 2.75) is 13.8 Å². The van der Waals surface area contributed by atoms with Crippen LogP contribution < -0.4 is 9.75 Å². The van der Waals surface area contributed by atoms with E-state index in [0.717, 1.165) is 0 Å². The second-order valence-electron chi connectivity index (χ2n) is 3.73. The van der Waals surface area contributed by atoms with Crippen molar-refractivity contribution in [1.82, 2.24) is 0 Å². The minimum Gasteiger partial charge on any atom is -0.144 e. The summed E-state index contributed by atoms with van der Waals surface area (Å²) in [5.74, 6) is 0. The molecule has 0 unspecified atom stereocenters. The molecule has 0 aliphatic heterocycles. The average molecular weight is 176 g/mol. The number of allylic oxidation sites excluding steroid dienone is 2. The summed E-state index contributed by atoms with van der Waals surface area (Å²) >= 11 is 1.80. The molecule has 0 radical (unpaired) electrons. The zero-order chi connectivity index (χ0) is 8.60. The molecule has 2 rings (SSSR count). The fraction of sp³-hybridized carbons (Fsp3) is 0.273. The summed E-state index contributed by atoms with van der Waals surface area (Å²) < 4.78 is 1.37. The van der Waals surface area contributed by atoms with E-state index in [1.807, 2.05) is 0 Å². The molecule has 0 amide bonds. The largest absolute Gasteiger partial charge is 0.144 e. The van der Waals surface area contributed by atoms with Crippen molar-refractivity contribution >= 4 is 23.5 Å². The Morgan fingerprint density at radius 2 is 2.17 bits per heavy atom. The van der Waals surface area contributed by atoms with Gasteiger partial charge in [0, 0.05) is 9.95 Å². The normalized spacial score (nSPS) is 18.8. The molecule has 1 aromatic heterocycles. The van der Waals surface area contributed by atoms with Gasteiger partial charge in [-0.25, -0.2) is 0 Å². The number of fused-ring (bicyclic) bond motifs is 1. The van der Waals surface area contributed by atoms with Gasteiger partial charge in [0.25, 0.3) is 0 Å². The van der Waals surface area contributed by atoms with E-state index in [2.05, 4.69) is 49.6 Å². The smallest absolute Gasteiger partial charge is 0.0339 e. The molecule has 1 aliphatic carbocycles. The van der Waals surface area contributed by atoms with E-state index in [1.54, 1.807) is 11.3 Å². The van der Waals surface area contributed by atoms with E-state index in [9.17, 15) is 0 Å². The van der Waals surface area contributed by atoms with Crippen LogP contribution in [0.1, 0.15) is 13.8 Å². The summed E-state index contributed by atoms with van der Waals surface area (Å²) in [6.45, 7) is 4.45. The first-order valence-electron chi connectivity index (χ1n) is 4.13. The summed E-state index contributed by atoms with van der Waals surface area (Å²) in [6.07, 6.45) is 8.89. The highest BCUT2D eigenvalue weighted by molar-refractivity contribution is 7.07. The van der Waals surface area contributed by atoms with Crippen molar-refractivity contribution in [3.63, 3.8) is 0 Å². The van der Waals surface area contributed by atoms with Gasteiger partial charge in [0.05, 0.1) is 0 Å². The van der Waals surface area contributed by atoms with Crippen LogP contribution in [0.25, 0.3) is 12.2 Å². The van der Waals surface area contributed by atoms with E-state index in [-0.39, 0.29) is 5.41 Å². The molecule has 62 valence electrons. The predicted molar refractivity (Wildman–Crippen MR) is 55.4 cm³/mol. The van der Waals surface area contributed by atoms with E-state index < -0.39 is 0 Å². The SMILES string of the molecule is CC1(C)C=CC=c2sccc2=C1. The lowest BCUT2D eigenvalue weighted by Crippen LogP contribution is -2.19. The van der Waals surface area contributed by atoms with Crippen molar-refractivity contribution in [2.75, 3.05) is 0 Å². The maximum absolute atomic E-state index is 2.32. The van der Waals surface area contributed by atoms with Crippen LogP contribution in [-0.2, 0) is 0 Å². The van der Waals surface area contributed by atoms with Gasteiger partial charge in [-0.2, -0.15) is 0 Å². The summed E-state index contributed by atoms with van der Waals surface area (Å²) in [7, 11) is 0. The number of thiophene rings is 1. The third kappa shape index (κ3) is 1.37. The van der Waals surface area contributed by atoms with E-state index in [1.165, 1.54) is 9.75 Å². The van der Waals surface area contributed by atoms with Crippen molar-refractivity contribution in [1.29, 1.82) is 0 Å². The zero-order valence-corrected chi connectivity index (χ0v) is 8.19. The van der Waals surface area contributed by atoms with Gasteiger partial charge in [-0.1, -0.05) is 32.1 Å². The Morgan fingerprint density at radius 3 is 3.00 bits per heavy atom. The number of hydrogen-bond acceptors (Lipinski definition) is 1. The molecule has 12 heavy (non-hydrogen) atoms. The second kappa shape index (κ2) is 2.60. The Morgan fingerprint density at radius 1 is 1.33 bits per heavy atom. The maximum Gasteiger partial charge on any atom is 0.0339 e. The van der Waals surface area contributed by atoms with E-state index in [0.29, 0.717) is 0 Å². The topological polar surface area (TPSA) is 0 Å². The number of hydrogen-bond donors (Lipinski definition) is 0. The van der Waals surface area contributed by atoms with Gasteiger partial charge in [-0.3, -0.25) is 0 Å². The van der Waals surface area contributed by atoms with Crippen LogP contribution in [0.5, 0.6) is 0 Å². The Balaban J connectivity index is 2.75. The zero-order valence-electron chi connectivity index (χ0n) is 7.37. The first kappa shape index (κ1) is 7.81. The maximum atomic E-state index is 2.32. The molecular formula is C11H12S. The van der Waals surface area contributed by atoms with Gasteiger partial charge in [0.1, 0.15) is 0 Å². The third-order valence-electron chi connectivity index (χ3n) is 2.03. The van der Waals surface area contributed by atoms with Crippen LogP contribution in [0, 0.1) is 5.41 Å². The Bertz CT molecular complexity index is 418. The quantitative estimate of drug-likeness (QED) is 0.566. The molecule has 0 atom stereocenters. The third-order valence-corrected chi connectivity index (χ3v) is 2.93. The lowest BCUT2D eigenvalue weighted by Gasteiger charge is -2.12. The van der Waals surface area contributed by atoms with E-state index in [4.69, 9.17) is 0 Å². The molecule has 0 fully saturated rings. The van der Waals surface area contributed by atoms with Gasteiger partial charge in [0.15, 0.2) is 0 Å². The van der Waals surface area contributed by atoms with Crippen LogP contribution in [0.2, 0.25) is 0 Å². The molecule has 1 heterocycles. The average Bonchev–Trinajstić information content (AvgIpc) is 2.31. The molecule has 0 bridgehead atoms. The Labute approximate surface area is 76.6 Å².